The molecule has 0 saturated carbocycles. The summed E-state index contributed by atoms with van der Waals surface area (Å²) in [6.45, 7) is 4.14. The van der Waals surface area contributed by atoms with Gasteiger partial charge in [0.05, 0.1) is 31.5 Å². The van der Waals surface area contributed by atoms with Crippen molar-refractivity contribution < 1.29 is 19.0 Å². The van der Waals surface area contributed by atoms with Gasteiger partial charge in [-0.05, 0) is 60.0 Å². The van der Waals surface area contributed by atoms with E-state index in [9.17, 15) is 10.1 Å². The molecule has 2 aromatic carbocycles. The van der Waals surface area contributed by atoms with Crippen LogP contribution in [-0.4, -0.2) is 73.5 Å². The molecule has 214 valence electrons. The van der Waals surface area contributed by atoms with E-state index in [-0.39, 0.29) is 18.1 Å². The lowest BCUT2D eigenvalue weighted by Gasteiger charge is -2.30. The number of carbonyl (C=O) groups is 1. The van der Waals surface area contributed by atoms with Gasteiger partial charge in [0.25, 0.3) is 5.91 Å². The molecule has 13 heteroatoms. The van der Waals surface area contributed by atoms with E-state index in [1.165, 1.54) is 6.33 Å². The molecule has 1 unspecified atom stereocenters. The molecule has 1 N–H and O–H groups in total. The summed E-state index contributed by atoms with van der Waals surface area (Å²) in [5, 5.41) is 23.9. The van der Waals surface area contributed by atoms with Crippen molar-refractivity contribution >= 4 is 17.5 Å². The minimum absolute atomic E-state index is 0.0258. The Morgan fingerprint density at radius 1 is 1.17 bits per heavy atom. The maximum atomic E-state index is 13.1. The molecule has 6 rings (SSSR count). The quantitative estimate of drug-likeness (QED) is 0.317. The van der Waals surface area contributed by atoms with E-state index in [4.69, 9.17) is 14.2 Å². The van der Waals surface area contributed by atoms with Crippen molar-refractivity contribution in [1.82, 2.24) is 35.1 Å². The highest BCUT2D eigenvalue weighted by molar-refractivity contribution is 6.00. The van der Waals surface area contributed by atoms with Crippen LogP contribution in [0.4, 0.5) is 11.6 Å². The summed E-state index contributed by atoms with van der Waals surface area (Å²) >= 11 is 0. The third-order valence-electron chi connectivity index (χ3n) is 7.41. The lowest BCUT2D eigenvalue weighted by molar-refractivity contribution is 0.0303. The molecule has 1 saturated heterocycles. The molecule has 2 aliphatic heterocycles. The predicted molar refractivity (Wildman–Crippen MR) is 150 cm³/mol. The predicted octanol–water partition coefficient (Wildman–Crippen LogP) is 3.36. The third-order valence-corrected chi connectivity index (χ3v) is 7.41. The molecule has 4 aromatic rings. The van der Waals surface area contributed by atoms with E-state index in [2.05, 4.69) is 36.9 Å². The fourth-order valence-electron chi connectivity index (χ4n) is 5.34. The third kappa shape index (κ3) is 5.44. The minimum atomic E-state index is -0.278. The molecule has 1 atom stereocenters. The molecule has 42 heavy (non-hydrogen) atoms. The first kappa shape index (κ1) is 27.1. The van der Waals surface area contributed by atoms with E-state index in [0.717, 1.165) is 29.5 Å². The van der Waals surface area contributed by atoms with Crippen LogP contribution in [0.1, 0.15) is 41.3 Å². The largest absolute Gasteiger partial charge is 0.494 e. The average molecular weight is 568 g/mol. The minimum Gasteiger partial charge on any atom is -0.494 e. The standard InChI is InChI=1S/C29H29N9O4/c1-18(15-37-17-33-35-36-37)42-26-11-19(3-4-20(26)12-30)21-13-31-29(32-14-21)34-25-6-5-23-24(27(25)40-2)16-38(28(23)39)22-7-9-41-10-8-22/h3-6,11,13-14,17-18,22H,7-10,15-16H2,1-2H3,(H,31,32,34). The maximum Gasteiger partial charge on any atom is 0.254 e. The number of nitrogens with zero attached hydrogens (tertiary/aromatic N) is 8. The van der Waals surface area contributed by atoms with Crippen molar-refractivity contribution in [3.63, 3.8) is 0 Å². The van der Waals surface area contributed by atoms with Crippen LogP contribution in [0.25, 0.3) is 11.1 Å². The van der Waals surface area contributed by atoms with E-state index in [1.807, 2.05) is 30.0 Å². The van der Waals surface area contributed by atoms with Crippen LogP contribution < -0.4 is 14.8 Å². The number of aromatic nitrogens is 6. The monoisotopic (exact) mass is 567 g/mol. The zero-order valence-electron chi connectivity index (χ0n) is 23.2. The van der Waals surface area contributed by atoms with Gasteiger partial charge in [-0.2, -0.15) is 5.26 Å². The van der Waals surface area contributed by atoms with E-state index in [0.29, 0.717) is 60.6 Å². The molecule has 0 aliphatic carbocycles. The number of rotatable bonds is 9. The Morgan fingerprint density at radius 2 is 1.98 bits per heavy atom. The van der Waals surface area contributed by atoms with Gasteiger partial charge in [-0.1, -0.05) is 6.07 Å². The second kappa shape index (κ2) is 11.8. The molecule has 0 radical (unpaired) electrons. The van der Waals surface area contributed by atoms with Crippen LogP contribution in [0.3, 0.4) is 0 Å². The second-order valence-corrected chi connectivity index (χ2v) is 10.2. The van der Waals surface area contributed by atoms with Crippen molar-refractivity contribution in [2.75, 3.05) is 25.6 Å². The van der Waals surface area contributed by atoms with Crippen molar-refractivity contribution in [2.45, 2.75) is 45.0 Å². The average Bonchev–Trinajstić information content (AvgIpc) is 3.65. The number of amides is 1. The maximum absolute atomic E-state index is 13.1. The summed E-state index contributed by atoms with van der Waals surface area (Å²) in [5.74, 6) is 1.46. The Bertz CT molecular complexity index is 1610. The van der Waals surface area contributed by atoms with Gasteiger partial charge in [0.2, 0.25) is 5.95 Å². The van der Waals surface area contributed by atoms with Crippen molar-refractivity contribution in [3.8, 4) is 28.7 Å². The van der Waals surface area contributed by atoms with Crippen molar-refractivity contribution in [1.29, 1.82) is 5.26 Å². The Labute approximate surface area is 242 Å². The van der Waals surface area contributed by atoms with Gasteiger partial charge < -0.3 is 24.4 Å². The molecule has 2 aliphatic rings. The van der Waals surface area contributed by atoms with Crippen LogP contribution in [0.2, 0.25) is 0 Å². The lowest BCUT2D eigenvalue weighted by Crippen LogP contribution is -2.39. The number of hydrogen-bond acceptors (Lipinski definition) is 11. The number of hydrogen-bond donors (Lipinski definition) is 1. The molecule has 1 amide bonds. The highest BCUT2D eigenvalue weighted by Gasteiger charge is 2.36. The summed E-state index contributed by atoms with van der Waals surface area (Å²) in [7, 11) is 1.60. The topological polar surface area (TPSA) is 153 Å². The molecular formula is C29H29N9O4. The van der Waals surface area contributed by atoms with Gasteiger partial charge >= 0.3 is 0 Å². The van der Waals surface area contributed by atoms with Gasteiger partial charge in [-0.3, -0.25) is 4.79 Å². The number of fused-ring (bicyclic) bond motifs is 1. The summed E-state index contributed by atoms with van der Waals surface area (Å²) < 4.78 is 18.9. The number of benzene rings is 2. The second-order valence-electron chi connectivity index (χ2n) is 10.2. The number of tetrazole rings is 1. The molecule has 13 nitrogen and oxygen atoms in total. The Morgan fingerprint density at radius 3 is 2.69 bits per heavy atom. The summed E-state index contributed by atoms with van der Waals surface area (Å²) in [6, 6.07) is 11.3. The lowest BCUT2D eigenvalue weighted by atomic mass is 10.1. The van der Waals surface area contributed by atoms with Gasteiger partial charge in [0, 0.05) is 48.3 Å². The van der Waals surface area contributed by atoms with Crippen LogP contribution in [0.15, 0.2) is 49.1 Å². The fourth-order valence-corrected chi connectivity index (χ4v) is 5.34. The SMILES string of the molecule is COc1c(Nc2ncc(-c3ccc(C#N)c(OC(C)Cn4cnnn4)c3)cn2)ccc2c1CN(C1CCOCC1)C2=O. The first-order valence-electron chi connectivity index (χ1n) is 13.6. The number of nitriles is 1. The van der Waals surface area contributed by atoms with Gasteiger partial charge in [0.1, 0.15) is 30.0 Å². The Balaban J connectivity index is 1.18. The molecule has 1 fully saturated rings. The normalized spacial score (nSPS) is 15.6. The number of methoxy groups -OCH3 is 1. The van der Waals surface area contributed by atoms with Crippen LogP contribution in [-0.2, 0) is 17.8 Å². The highest BCUT2D eigenvalue weighted by Crippen LogP contribution is 2.39. The smallest absolute Gasteiger partial charge is 0.254 e. The van der Waals surface area contributed by atoms with Crippen LogP contribution >= 0.6 is 0 Å². The Hall–Kier alpha value is -5.09. The van der Waals surface area contributed by atoms with E-state index < -0.39 is 0 Å². The number of carbonyl (C=O) groups excluding carboxylic acids is 1. The van der Waals surface area contributed by atoms with Gasteiger partial charge in [0.15, 0.2) is 0 Å². The molecule has 2 aromatic heterocycles. The van der Waals surface area contributed by atoms with Crippen molar-refractivity contribution in [2.24, 2.45) is 0 Å². The number of nitrogens with one attached hydrogen (secondary N) is 1. The molecule has 4 heterocycles. The van der Waals surface area contributed by atoms with Crippen LogP contribution in [0, 0.1) is 11.3 Å². The highest BCUT2D eigenvalue weighted by atomic mass is 16.5. The van der Waals surface area contributed by atoms with Crippen molar-refractivity contribution in [3.05, 3.63) is 65.7 Å². The number of anilines is 2. The van der Waals surface area contributed by atoms with Crippen LogP contribution in [0.5, 0.6) is 11.5 Å². The summed E-state index contributed by atoms with van der Waals surface area (Å²) in [6.07, 6.45) is 6.29. The van der Waals surface area contributed by atoms with Gasteiger partial charge in [-0.25, -0.2) is 14.6 Å². The zero-order chi connectivity index (χ0) is 29.1. The Kier molecular flexibility index (Phi) is 7.61. The fraction of sp³-hybridized carbons (Fsp3) is 0.345. The van der Waals surface area contributed by atoms with E-state index >= 15 is 0 Å². The van der Waals surface area contributed by atoms with E-state index in [1.54, 1.807) is 36.3 Å². The first-order chi connectivity index (χ1) is 20.5. The summed E-state index contributed by atoms with van der Waals surface area (Å²) in [4.78, 5) is 24.1. The van der Waals surface area contributed by atoms with Gasteiger partial charge in [-0.15, -0.1) is 5.10 Å². The molecule has 0 spiro atoms. The first-order valence-corrected chi connectivity index (χ1v) is 13.6. The number of ether oxygens (including phenoxy) is 3. The summed E-state index contributed by atoms with van der Waals surface area (Å²) in [5.41, 5.74) is 4.16. The molecule has 0 bridgehead atoms. The zero-order valence-corrected chi connectivity index (χ0v) is 23.2. The molecular weight excluding hydrogens is 538 g/mol.